The van der Waals surface area contributed by atoms with Gasteiger partial charge in [0.1, 0.15) is 5.03 Å². The van der Waals surface area contributed by atoms with Crippen LogP contribution in [-0.4, -0.2) is 24.9 Å². The summed E-state index contributed by atoms with van der Waals surface area (Å²) in [6, 6.07) is 3.65. The van der Waals surface area contributed by atoms with E-state index in [0.29, 0.717) is 5.75 Å². The zero-order valence-corrected chi connectivity index (χ0v) is 10.4. The number of pyridine rings is 1. The Morgan fingerprint density at radius 1 is 1.57 bits per heavy atom. The Bertz CT molecular complexity index is 408. The quantitative estimate of drug-likeness (QED) is 0.848. The molecule has 0 radical (unpaired) electrons. The Morgan fingerprint density at radius 2 is 2.29 bits per heavy atom. The van der Waals surface area contributed by atoms with E-state index in [4.69, 9.17) is 5.14 Å². The van der Waals surface area contributed by atoms with Gasteiger partial charge in [-0.05, 0) is 28.1 Å². The normalized spacial score (nSPS) is 11.6. The number of rotatable bonds is 4. The molecule has 0 bridgehead atoms. The molecular formula is C7H9BrN2O2S2. The first kappa shape index (κ1) is 12.0. The molecule has 0 aliphatic rings. The van der Waals surface area contributed by atoms with Crippen molar-refractivity contribution in [2.75, 3.05) is 11.5 Å². The van der Waals surface area contributed by atoms with E-state index in [9.17, 15) is 8.42 Å². The van der Waals surface area contributed by atoms with Crippen molar-refractivity contribution in [1.29, 1.82) is 0 Å². The molecule has 0 aliphatic carbocycles. The second kappa shape index (κ2) is 5.11. The van der Waals surface area contributed by atoms with Crippen molar-refractivity contribution in [2.45, 2.75) is 5.03 Å². The molecule has 0 amide bonds. The number of nitrogens with two attached hydrogens (primary N) is 1. The molecule has 0 saturated heterocycles. The number of halogens is 1. The standard InChI is InChI=1S/C7H9BrN2O2S2/c8-6-2-1-3-10-7(6)13-4-5-14(9,11)12/h1-3H,4-5H2,(H2,9,11,12). The summed E-state index contributed by atoms with van der Waals surface area (Å²) in [5, 5.41) is 5.64. The molecule has 2 N–H and O–H groups in total. The van der Waals surface area contributed by atoms with E-state index >= 15 is 0 Å². The van der Waals surface area contributed by atoms with Gasteiger partial charge in [-0.25, -0.2) is 18.5 Å². The van der Waals surface area contributed by atoms with Crippen LogP contribution in [-0.2, 0) is 10.0 Å². The minimum atomic E-state index is -3.37. The highest BCUT2D eigenvalue weighted by atomic mass is 79.9. The van der Waals surface area contributed by atoms with Crippen LogP contribution in [0.1, 0.15) is 0 Å². The number of nitrogens with zero attached hydrogens (tertiary/aromatic N) is 1. The lowest BCUT2D eigenvalue weighted by atomic mass is 10.5. The van der Waals surface area contributed by atoms with Crippen LogP contribution in [0, 0.1) is 0 Å². The summed E-state index contributed by atoms with van der Waals surface area (Å²) in [7, 11) is -3.37. The van der Waals surface area contributed by atoms with Crippen LogP contribution >= 0.6 is 27.7 Å². The van der Waals surface area contributed by atoms with Crippen molar-refractivity contribution in [3.63, 3.8) is 0 Å². The van der Waals surface area contributed by atoms with Gasteiger partial charge in [-0.3, -0.25) is 0 Å². The third-order valence-corrected chi connectivity index (χ3v) is 4.27. The molecule has 0 saturated carbocycles. The number of aromatic nitrogens is 1. The monoisotopic (exact) mass is 296 g/mol. The lowest BCUT2D eigenvalue weighted by Gasteiger charge is -2.01. The molecule has 1 aromatic rings. The zero-order valence-electron chi connectivity index (χ0n) is 7.18. The largest absolute Gasteiger partial charge is 0.249 e. The minimum absolute atomic E-state index is 0.0410. The second-order valence-corrected chi connectivity index (χ2v) is 6.18. The number of primary sulfonamides is 1. The predicted molar refractivity (Wildman–Crippen MR) is 60.6 cm³/mol. The van der Waals surface area contributed by atoms with Gasteiger partial charge in [0.25, 0.3) is 0 Å². The first-order chi connectivity index (χ1) is 6.49. The number of thioether (sulfide) groups is 1. The summed E-state index contributed by atoms with van der Waals surface area (Å²) in [6.45, 7) is 0. The number of hydrogen-bond acceptors (Lipinski definition) is 4. The van der Waals surface area contributed by atoms with Crippen LogP contribution in [0.15, 0.2) is 27.8 Å². The highest BCUT2D eigenvalue weighted by Gasteiger charge is 2.05. The molecule has 0 unspecified atom stereocenters. The minimum Gasteiger partial charge on any atom is -0.249 e. The van der Waals surface area contributed by atoms with Crippen LogP contribution in [0.4, 0.5) is 0 Å². The Morgan fingerprint density at radius 3 is 2.86 bits per heavy atom. The Labute approximate surface area is 95.5 Å². The zero-order chi connectivity index (χ0) is 10.6. The molecule has 7 heteroatoms. The number of sulfonamides is 1. The van der Waals surface area contributed by atoms with E-state index in [2.05, 4.69) is 20.9 Å². The lowest BCUT2D eigenvalue weighted by Crippen LogP contribution is -2.17. The molecule has 0 aliphatic heterocycles. The maximum absolute atomic E-state index is 10.6. The van der Waals surface area contributed by atoms with Gasteiger partial charge >= 0.3 is 0 Å². The highest BCUT2D eigenvalue weighted by molar-refractivity contribution is 9.10. The van der Waals surface area contributed by atoms with Crippen molar-refractivity contribution >= 4 is 37.7 Å². The molecular weight excluding hydrogens is 288 g/mol. The smallest absolute Gasteiger partial charge is 0.209 e. The maximum atomic E-state index is 10.6. The average molecular weight is 297 g/mol. The third-order valence-electron chi connectivity index (χ3n) is 1.33. The summed E-state index contributed by atoms with van der Waals surface area (Å²) in [6.07, 6.45) is 1.66. The molecule has 78 valence electrons. The SMILES string of the molecule is NS(=O)(=O)CCSc1ncccc1Br. The van der Waals surface area contributed by atoms with Gasteiger partial charge < -0.3 is 0 Å². The van der Waals surface area contributed by atoms with E-state index in [-0.39, 0.29) is 5.75 Å². The highest BCUT2D eigenvalue weighted by Crippen LogP contribution is 2.24. The van der Waals surface area contributed by atoms with Gasteiger partial charge in [-0.15, -0.1) is 11.8 Å². The van der Waals surface area contributed by atoms with Crippen LogP contribution in [0.2, 0.25) is 0 Å². The predicted octanol–water partition coefficient (Wildman–Crippen LogP) is 1.22. The first-order valence-corrected chi connectivity index (χ1v) is 7.22. The van der Waals surface area contributed by atoms with Crippen molar-refractivity contribution < 1.29 is 8.42 Å². The van der Waals surface area contributed by atoms with Crippen molar-refractivity contribution in [1.82, 2.24) is 4.98 Å². The van der Waals surface area contributed by atoms with E-state index < -0.39 is 10.0 Å². The van der Waals surface area contributed by atoms with Gasteiger partial charge in [-0.2, -0.15) is 0 Å². The fourth-order valence-corrected chi connectivity index (χ4v) is 3.13. The topological polar surface area (TPSA) is 73.1 Å². The van der Waals surface area contributed by atoms with Crippen LogP contribution in [0.25, 0.3) is 0 Å². The number of hydrogen-bond donors (Lipinski definition) is 1. The van der Waals surface area contributed by atoms with Crippen LogP contribution in [0.5, 0.6) is 0 Å². The molecule has 0 spiro atoms. The summed E-state index contributed by atoms with van der Waals surface area (Å²) >= 11 is 4.67. The van der Waals surface area contributed by atoms with Crippen molar-refractivity contribution in [3.8, 4) is 0 Å². The molecule has 0 atom stereocenters. The Balaban J connectivity index is 2.51. The van der Waals surface area contributed by atoms with E-state index in [1.165, 1.54) is 11.8 Å². The van der Waals surface area contributed by atoms with E-state index in [0.717, 1.165) is 9.50 Å². The van der Waals surface area contributed by atoms with Gasteiger partial charge in [0.2, 0.25) is 10.0 Å². The summed E-state index contributed by atoms with van der Waals surface area (Å²) < 4.78 is 22.1. The molecule has 1 heterocycles. The summed E-state index contributed by atoms with van der Waals surface area (Å²) in [4.78, 5) is 4.08. The van der Waals surface area contributed by atoms with E-state index in [1.54, 1.807) is 12.3 Å². The molecule has 4 nitrogen and oxygen atoms in total. The fraction of sp³-hybridized carbons (Fsp3) is 0.286. The molecule has 0 fully saturated rings. The van der Waals surface area contributed by atoms with E-state index in [1.807, 2.05) is 6.07 Å². The second-order valence-electron chi connectivity index (χ2n) is 2.51. The van der Waals surface area contributed by atoms with Crippen LogP contribution < -0.4 is 5.14 Å². The third kappa shape index (κ3) is 4.41. The first-order valence-electron chi connectivity index (χ1n) is 3.73. The molecule has 0 aromatic carbocycles. The van der Waals surface area contributed by atoms with Crippen molar-refractivity contribution in [2.24, 2.45) is 5.14 Å². The summed E-state index contributed by atoms with van der Waals surface area (Å²) in [5.74, 6) is 0.370. The van der Waals surface area contributed by atoms with Crippen LogP contribution in [0.3, 0.4) is 0 Å². The summed E-state index contributed by atoms with van der Waals surface area (Å²) in [5.41, 5.74) is 0. The fourth-order valence-electron chi connectivity index (χ4n) is 0.732. The molecule has 14 heavy (non-hydrogen) atoms. The van der Waals surface area contributed by atoms with Crippen molar-refractivity contribution in [3.05, 3.63) is 22.8 Å². The maximum Gasteiger partial charge on any atom is 0.209 e. The van der Waals surface area contributed by atoms with Gasteiger partial charge in [0, 0.05) is 16.4 Å². The Kier molecular flexibility index (Phi) is 4.36. The Hall–Kier alpha value is -0.110. The van der Waals surface area contributed by atoms with Gasteiger partial charge in [0.05, 0.1) is 5.75 Å². The van der Waals surface area contributed by atoms with Gasteiger partial charge in [-0.1, -0.05) is 0 Å². The lowest BCUT2D eigenvalue weighted by molar-refractivity contribution is 0.599. The average Bonchev–Trinajstić information content (AvgIpc) is 2.06. The van der Waals surface area contributed by atoms with Gasteiger partial charge in [0.15, 0.2) is 0 Å². The molecule has 1 rings (SSSR count). The molecule has 1 aromatic heterocycles.